The minimum Gasteiger partial charge on any atom is -0.348 e. The maximum Gasteiger partial charge on any atom is 0.0400 e. The standard InChI is InChI=1S/C10H13N/c1-3-5-8-11-9-6-7-10(11)4-2/h3-4,6-7,9H,1-2,5,8H2. The van der Waals surface area contributed by atoms with Crippen molar-refractivity contribution in [2.45, 2.75) is 13.0 Å². The van der Waals surface area contributed by atoms with Crippen molar-refractivity contribution >= 4 is 6.08 Å². The van der Waals surface area contributed by atoms with E-state index in [4.69, 9.17) is 0 Å². The Kier molecular flexibility index (Phi) is 2.73. The lowest BCUT2D eigenvalue weighted by molar-refractivity contribution is 0.710. The zero-order valence-corrected chi connectivity index (χ0v) is 6.66. The molecule has 0 fully saturated rings. The first-order chi connectivity index (χ1) is 5.38. The van der Waals surface area contributed by atoms with Crippen LogP contribution in [0, 0.1) is 0 Å². The summed E-state index contributed by atoms with van der Waals surface area (Å²) in [7, 11) is 0. The van der Waals surface area contributed by atoms with E-state index >= 15 is 0 Å². The van der Waals surface area contributed by atoms with Gasteiger partial charge in [0.2, 0.25) is 0 Å². The molecular formula is C10H13N. The van der Waals surface area contributed by atoms with Gasteiger partial charge in [0, 0.05) is 18.4 Å². The Balaban J connectivity index is 2.67. The number of hydrogen-bond donors (Lipinski definition) is 0. The fourth-order valence-electron chi connectivity index (χ4n) is 1.05. The maximum atomic E-state index is 3.73. The number of hydrogen-bond acceptors (Lipinski definition) is 0. The van der Waals surface area contributed by atoms with Gasteiger partial charge in [0.15, 0.2) is 0 Å². The Morgan fingerprint density at radius 1 is 1.45 bits per heavy atom. The molecule has 1 aromatic rings. The summed E-state index contributed by atoms with van der Waals surface area (Å²) < 4.78 is 2.16. The molecule has 1 heteroatoms. The number of rotatable bonds is 4. The number of aryl methyl sites for hydroxylation is 1. The third kappa shape index (κ3) is 1.84. The Labute approximate surface area is 67.7 Å². The molecule has 0 atom stereocenters. The highest BCUT2D eigenvalue weighted by Gasteiger charge is 1.92. The van der Waals surface area contributed by atoms with Gasteiger partial charge in [0.25, 0.3) is 0 Å². The van der Waals surface area contributed by atoms with E-state index in [0.717, 1.165) is 13.0 Å². The lowest BCUT2D eigenvalue weighted by Gasteiger charge is -2.02. The topological polar surface area (TPSA) is 4.93 Å². The molecule has 0 aliphatic rings. The molecule has 0 aliphatic carbocycles. The SMILES string of the molecule is C=CCCn1cccc1C=C. The van der Waals surface area contributed by atoms with Crippen LogP contribution >= 0.6 is 0 Å². The molecule has 0 spiro atoms. The second-order valence-electron chi connectivity index (χ2n) is 2.41. The van der Waals surface area contributed by atoms with Gasteiger partial charge in [0.05, 0.1) is 0 Å². The molecule has 0 aliphatic heterocycles. The van der Waals surface area contributed by atoms with Crippen LogP contribution in [0.15, 0.2) is 37.6 Å². The molecule has 0 saturated heterocycles. The second-order valence-corrected chi connectivity index (χ2v) is 2.41. The van der Waals surface area contributed by atoms with Crippen molar-refractivity contribution in [2.24, 2.45) is 0 Å². The quantitative estimate of drug-likeness (QED) is 0.577. The van der Waals surface area contributed by atoms with E-state index in [0.29, 0.717) is 0 Å². The largest absolute Gasteiger partial charge is 0.348 e. The molecule has 1 aromatic heterocycles. The maximum absolute atomic E-state index is 3.73. The zero-order chi connectivity index (χ0) is 8.10. The Morgan fingerprint density at radius 2 is 2.27 bits per heavy atom. The molecule has 58 valence electrons. The van der Waals surface area contributed by atoms with Crippen molar-refractivity contribution in [3.05, 3.63) is 43.3 Å². The van der Waals surface area contributed by atoms with E-state index in [1.54, 1.807) is 0 Å². The van der Waals surface area contributed by atoms with Crippen LogP contribution in [0.2, 0.25) is 0 Å². The van der Waals surface area contributed by atoms with Gasteiger partial charge in [-0.1, -0.05) is 12.7 Å². The first kappa shape index (κ1) is 7.86. The summed E-state index contributed by atoms with van der Waals surface area (Å²) in [5.41, 5.74) is 1.17. The van der Waals surface area contributed by atoms with Gasteiger partial charge in [-0.25, -0.2) is 0 Å². The Morgan fingerprint density at radius 3 is 2.91 bits per heavy atom. The van der Waals surface area contributed by atoms with Gasteiger partial charge < -0.3 is 4.57 Å². The zero-order valence-electron chi connectivity index (χ0n) is 6.66. The van der Waals surface area contributed by atoms with Crippen LogP contribution in [0.3, 0.4) is 0 Å². The van der Waals surface area contributed by atoms with E-state index in [1.807, 2.05) is 18.2 Å². The fourth-order valence-corrected chi connectivity index (χ4v) is 1.05. The van der Waals surface area contributed by atoms with E-state index in [1.165, 1.54) is 5.69 Å². The average molecular weight is 147 g/mol. The molecule has 1 rings (SSSR count). The molecule has 1 heterocycles. The minimum absolute atomic E-state index is 0.998. The molecule has 1 nitrogen and oxygen atoms in total. The van der Waals surface area contributed by atoms with Gasteiger partial charge in [0.1, 0.15) is 0 Å². The third-order valence-corrected chi connectivity index (χ3v) is 1.65. The van der Waals surface area contributed by atoms with Crippen molar-refractivity contribution in [1.29, 1.82) is 0 Å². The predicted molar refractivity (Wildman–Crippen MR) is 49.3 cm³/mol. The molecule has 11 heavy (non-hydrogen) atoms. The smallest absolute Gasteiger partial charge is 0.0400 e. The van der Waals surface area contributed by atoms with Crippen molar-refractivity contribution in [1.82, 2.24) is 4.57 Å². The van der Waals surface area contributed by atoms with Crippen LogP contribution in [0.5, 0.6) is 0 Å². The van der Waals surface area contributed by atoms with Gasteiger partial charge in [-0.05, 0) is 24.6 Å². The van der Waals surface area contributed by atoms with E-state index in [-0.39, 0.29) is 0 Å². The van der Waals surface area contributed by atoms with Crippen LogP contribution in [0.25, 0.3) is 6.08 Å². The summed E-state index contributed by atoms with van der Waals surface area (Å²) in [5.74, 6) is 0. The number of nitrogens with zero attached hydrogens (tertiary/aromatic N) is 1. The fraction of sp³-hybridized carbons (Fsp3) is 0.200. The van der Waals surface area contributed by atoms with Gasteiger partial charge >= 0.3 is 0 Å². The summed E-state index contributed by atoms with van der Waals surface area (Å²) in [5, 5.41) is 0. The Bertz CT molecular complexity index is 245. The highest BCUT2D eigenvalue weighted by Crippen LogP contribution is 2.04. The summed E-state index contributed by atoms with van der Waals surface area (Å²) in [6.07, 6.45) is 6.85. The highest BCUT2D eigenvalue weighted by molar-refractivity contribution is 5.42. The van der Waals surface area contributed by atoms with E-state index in [9.17, 15) is 0 Å². The third-order valence-electron chi connectivity index (χ3n) is 1.65. The normalized spacial score (nSPS) is 9.45. The lowest BCUT2D eigenvalue weighted by Crippen LogP contribution is -1.96. The van der Waals surface area contributed by atoms with Gasteiger partial charge in [-0.15, -0.1) is 6.58 Å². The minimum atomic E-state index is 0.998. The van der Waals surface area contributed by atoms with Gasteiger partial charge in [-0.2, -0.15) is 0 Å². The van der Waals surface area contributed by atoms with E-state index < -0.39 is 0 Å². The summed E-state index contributed by atoms with van der Waals surface area (Å²) in [4.78, 5) is 0. The molecular weight excluding hydrogens is 134 g/mol. The van der Waals surface area contributed by atoms with Crippen molar-refractivity contribution < 1.29 is 0 Å². The molecule has 0 unspecified atom stereocenters. The van der Waals surface area contributed by atoms with E-state index in [2.05, 4.69) is 30.0 Å². The summed E-state index contributed by atoms with van der Waals surface area (Å²) in [6, 6.07) is 4.08. The summed E-state index contributed by atoms with van der Waals surface area (Å²) >= 11 is 0. The number of aromatic nitrogens is 1. The second kappa shape index (κ2) is 3.81. The number of allylic oxidation sites excluding steroid dienone is 1. The van der Waals surface area contributed by atoms with Crippen LogP contribution in [0.1, 0.15) is 12.1 Å². The lowest BCUT2D eigenvalue weighted by atomic mass is 10.4. The molecule has 0 radical (unpaired) electrons. The molecule has 0 amide bonds. The van der Waals surface area contributed by atoms with Crippen molar-refractivity contribution in [3.63, 3.8) is 0 Å². The first-order valence-electron chi connectivity index (χ1n) is 3.77. The van der Waals surface area contributed by atoms with Crippen LogP contribution < -0.4 is 0 Å². The molecule has 0 aromatic carbocycles. The average Bonchev–Trinajstić information content (AvgIpc) is 2.47. The predicted octanol–water partition coefficient (Wildman–Crippen LogP) is 2.71. The van der Waals surface area contributed by atoms with Crippen LogP contribution in [-0.4, -0.2) is 4.57 Å². The summed E-state index contributed by atoms with van der Waals surface area (Å²) in [6.45, 7) is 8.40. The first-order valence-corrected chi connectivity index (χ1v) is 3.77. The van der Waals surface area contributed by atoms with Crippen molar-refractivity contribution in [3.8, 4) is 0 Å². The van der Waals surface area contributed by atoms with Crippen molar-refractivity contribution in [2.75, 3.05) is 0 Å². The molecule has 0 N–H and O–H groups in total. The molecule has 0 saturated carbocycles. The van der Waals surface area contributed by atoms with Gasteiger partial charge in [-0.3, -0.25) is 0 Å². The highest BCUT2D eigenvalue weighted by atomic mass is 15.0. The monoisotopic (exact) mass is 147 g/mol. The van der Waals surface area contributed by atoms with Crippen LogP contribution in [0.4, 0.5) is 0 Å². The Hall–Kier alpha value is -1.24. The molecule has 0 bridgehead atoms. The van der Waals surface area contributed by atoms with Crippen LogP contribution in [-0.2, 0) is 6.54 Å².